The molecule has 4 rings (SSSR count). The van der Waals surface area contributed by atoms with Gasteiger partial charge in [-0.1, -0.05) is 0 Å². The van der Waals surface area contributed by atoms with Crippen LogP contribution < -0.4 is 5.56 Å². The quantitative estimate of drug-likeness (QED) is 0.622. The Labute approximate surface area is 163 Å². The highest BCUT2D eigenvalue weighted by Gasteiger charge is 2.33. The minimum atomic E-state index is -4.62. The van der Waals surface area contributed by atoms with Crippen LogP contribution in [-0.2, 0) is 19.3 Å². The summed E-state index contributed by atoms with van der Waals surface area (Å²) >= 11 is 0. The maximum atomic E-state index is 13.3. The molecule has 0 radical (unpaired) electrons. The van der Waals surface area contributed by atoms with Crippen LogP contribution in [0.3, 0.4) is 0 Å². The van der Waals surface area contributed by atoms with Crippen LogP contribution in [0.5, 0.6) is 0 Å². The van der Waals surface area contributed by atoms with Crippen molar-refractivity contribution < 1.29 is 17.6 Å². The van der Waals surface area contributed by atoms with E-state index in [1.54, 1.807) is 16.7 Å². The van der Waals surface area contributed by atoms with Crippen LogP contribution in [-0.4, -0.2) is 36.9 Å². The van der Waals surface area contributed by atoms with E-state index in [0.717, 1.165) is 38.0 Å². The lowest BCUT2D eigenvalue weighted by Crippen LogP contribution is -2.36. The lowest BCUT2D eigenvalue weighted by atomic mass is 9.96. The largest absolute Gasteiger partial charge is 0.433 e. The Morgan fingerprint density at radius 2 is 1.90 bits per heavy atom. The number of halogens is 4. The topological polar surface area (TPSA) is 55.4 Å². The fourth-order valence-corrected chi connectivity index (χ4v) is 3.65. The van der Waals surface area contributed by atoms with Crippen LogP contribution in [0.15, 0.2) is 41.7 Å². The highest BCUT2D eigenvalue weighted by atomic mass is 19.4. The number of imidazole rings is 1. The molecule has 6 nitrogen and oxygen atoms in total. The fourth-order valence-electron chi connectivity index (χ4n) is 3.65. The third-order valence-electron chi connectivity index (χ3n) is 5.18. The Kier molecular flexibility index (Phi) is 5.12. The van der Waals surface area contributed by atoms with Gasteiger partial charge in [-0.3, -0.25) is 14.3 Å². The third kappa shape index (κ3) is 4.47. The van der Waals surface area contributed by atoms with Crippen LogP contribution in [0.4, 0.5) is 17.6 Å². The number of hydrogen-bond acceptors (Lipinski definition) is 4. The molecule has 0 unspecified atom stereocenters. The van der Waals surface area contributed by atoms with Crippen molar-refractivity contribution in [3.05, 3.63) is 64.5 Å². The number of nitrogens with zero attached hydrogens (tertiary/aromatic N) is 5. The van der Waals surface area contributed by atoms with Gasteiger partial charge in [0.15, 0.2) is 5.69 Å². The molecule has 0 N–H and O–H groups in total. The summed E-state index contributed by atoms with van der Waals surface area (Å²) in [5.41, 5.74) is -0.324. The maximum Gasteiger partial charge on any atom is 0.433 e. The van der Waals surface area contributed by atoms with Gasteiger partial charge in [-0.05, 0) is 44.0 Å². The zero-order valence-corrected chi connectivity index (χ0v) is 15.4. The molecule has 3 aromatic heterocycles. The molecule has 3 aromatic rings. The van der Waals surface area contributed by atoms with Gasteiger partial charge >= 0.3 is 6.18 Å². The van der Waals surface area contributed by atoms with Crippen molar-refractivity contribution >= 4 is 5.65 Å². The molecule has 0 saturated carbocycles. The minimum Gasteiger partial charge on any atom is -0.304 e. The zero-order valence-electron chi connectivity index (χ0n) is 15.4. The summed E-state index contributed by atoms with van der Waals surface area (Å²) in [7, 11) is 0. The number of aromatic nitrogens is 4. The normalized spacial score (nSPS) is 16.6. The number of rotatable bonds is 4. The molecule has 154 valence electrons. The van der Waals surface area contributed by atoms with Gasteiger partial charge < -0.3 is 4.40 Å². The van der Waals surface area contributed by atoms with E-state index >= 15 is 0 Å². The van der Waals surface area contributed by atoms with Crippen LogP contribution in [0.25, 0.3) is 5.65 Å². The Morgan fingerprint density at radius 1 is 1.14 bits per heavy atom. The van der Waals surface area contributed by atoms with E-state index in [-0.39, 0.29) is 11.7 Å². The molecule has 0 bridgehead atoms. The first-order valence-electron chi connectivity index (χ1n) is 9.27. The Balaban J connectivity index is 1.34. The van der Waals surface area contributed by atoms with Crippen LogP contribution in [0, 0.1) is 11.7 Å². The molecule has 0 amide bonds. The van der Waals surface area contributed by atoms with E-state index in [2.05, 4.69) is 14.9 Å². The van der Waals surface area contributed by atoms with Crippen LogP contribution in [0.1, 0.15) is 24.2 Å². The lowest BCUT2D eigenvalue weighted by Gasteiger charge is -2.31. The van der Waals surface area contributed by atoms with Crippen molar-refractivity contribution in [1.82, 2.24) is 23.8 Å². The van der Waals surface area contributed by atoms with E-state index in [9.17, 15) is 22.4 Å². The highest BCUT2D eigenvalue weighted by molar-refractivity contribution is 5.39. The van der Waals surface area contributed by atoms with E-state index in [4.69, 9.17) is 0 Å². The molecule has 29 heavy (non-hydrogen) atoms. The standard InChI is InChI=1S/C19H19F4N5O/c20-14-1-2-17-25-15(11-27(17)9-14)10-26-5-3-13(4-6-26)8-28-12-24-16(7-18(28)29)19(21,22)23/h1-2,7,9,11-13H,3-6,8,10H2. The van der Waals surface area contributed by atoms with Gasteiger partial charge in [0.1, 0.15) is 11.5 Å². The maximum absolute atomic E-state index is 13.3. The summed E-state index contributed by atoms with van der Waals surface area (Å²) in [4.78, 5) is 22.0. The first kappa shape index (κ1) is 19.6. The van der Waals surface area contributed by atoms with E-state index in [0.29, 0.717) is 24.8 Å². The van der Waals surface area contributed by atoms with Crippen LogP contribution in [0.2, 0.25) is 0 Å². The Hall–Kier alpha value is -2.75. The summed E-state index contributed by atoms with van der Waals surface area (Å²) < 4.78 is 54.1. The number of piperidine rings is 1. The molecule has 1 saturated heterocycles. The SMILES string of the molecule is O=c1cc(C(F)(F)F)ncn1CC1CCN(Cc2cn3cc(F)ccc3n2)CC1. The molecule has 4 heterocycles. The molecule has 0 atom stereocenters. The molecule has 0 aliphatic carbocycles. The second-order valence-electron chi connectivity index (χ2n) is 7.33. The Morgan fingerprint density at radius 3 is 2.59 bits per heavy atom. The van der Waals surface area contributed by atoms with Gasteiger partial charge in [0.2, 0.25) is 0 Å². The van der Waals surface area contributed by atoms with Crippen molar-refractivity contribution in [3.63, 3.8) is 0 Å². The van der Waals surface area contributed by atoms with Crippen molar-refractivity contribution in [1.29, 1.82) is 0 Å². The molecule has 1 aliphatic heterocycles. The lowest BCUT2D eigenvalue weighted by molar-refractivity contribution is -0.141. The van der Waals surface area contributed by atoms with Crippen molar-refractivity contribution in [2.24, 2.45) is 5.92 Å². The second-order valence-corrected chi connectivity index (χ2v) is 7.33. The van der Waals surface area contributed by atoms with Crippen molar-refractivity contribution in [2.45, 2.75) is 32.1 Å². The summed E-state index contributed by atoms with van der Waals surface area (Å²) in [6, 6.07) is 3.54. The molecule has 1 fully saturated rings. The van der Waals surface area contributed by atoms with Crippen molar-refractivity contribution in [2.75, 3.05) is 13.1 Å². The van der Waals surface area contributed by atoms with Gasteiger partial charge in [-0.15, -0.1) is 0 Å². The summed E-state index contributed by atoms with van der Waals surface area (Å²) in [6.45, 7) is 2.56. The average molecular weight is 409 g/mol. The summed E-state index contributed by atoms with van der Waals surface area (Å²) in [5.74, 6) is -0.132. The second kappa shape index (κ2) is 7.58. The minimum absolute atomic E-state index is 0.192. The number of pyridine rings is 1. The first-order valence-corrected chi connectivity index (χ1v) is 9.27. The molecule has 0 spiro atoms. The number of hydrogen-bond donors (Lipinski definition) is 0. The predicted molar refractivity (Wildman–Crippen MR) is 96.7 cm³/mol. The van der Waals surface area contributed by atoms with Gasteiger partial charge in [-0.2, -0.15) is 13.2 Å². The first-order chi connectivity index (χ1) is 13.8. The number of alkyl halides is 3. The molecule has 1 aliphatic rings. The fraction of sp³-hybridized carbons (Fsp3) is 0.421. The summed E-state index contributed by atoms with van der Waals surface area (Å²) in [5, 5.41) is 0. The smallest absolute Gasteiger partial charge is 0.304 e. The number of likely N-dealkylation sites (tertiary alicyclic amines) is 1. The van der Waals surface area contributed by atoms with Gasteiger partial charge in [0.05, 0.1) is 12.0 Å². The number of fused-ring (bicyclic) bond motifs is 1. The predicted octanol–water partition coefficient (Wildman–Crippen LogP) is 2.96. The highest BCUT2D eigenvalue weighted by Crippen LogP contribution is 2.26. The van der Waals surface area contributed by atoms with Gasteiger partial charge in [-0.25, -0.2) is 14.4 Å². The van der Waals surface area contributed by atoms with Gasteiger partial charge in [0.25, 0.3) is 5.56 Å². The van der Waals surface area contributed by atoms with E-state index < -0.39 is 17.4 Å². The van der Waals surface area contributed by atoms with Gasteiger partial charge in [0, 0.05) is 31.5 Å². The third-order valence-corrected chi connectivity index (χ3v) is 5.18. The van der Waals surface area contributed by atoms with E-state index in [1.165, 1.54) is 16.8 Å². The van der Waals surface area contributed by atoms with Crippen LogP contribution >= 0.6 is 0 Å². The monoisotopic (exact) mass is 409 g/mol. The molecule has 0 aromatic carbocycles. The average Bonchev–Trinajstić information content (AvgIpc) is 3.05. The molecular weight excluding hydrogens is 390 g/mol. The molecular formula is C19H19F4N5O. The summed E-state index contributed by atoms with van der Waals surface area (Å²) in [6.07, 6.45) is 1.18. The van der Waals surface area contributed by atoms with Crippen molar-refractivity contribution in [3.8, 4) is 0 Å². The van der Waals surface area contributed by atoms with E-state index in [1.807, 2.05) is 0 Å². The Bertz CT molecular complexity index is 1070. The molecule has 10 heteroatoms. The zero-order chi connectivity index (χ0) is 20.6.